The minimum Gasteiger partial charge on any atom is -0.422 e. The first-order valence-electron chi connectivity index (χ1n) is 6.77. The molecule has 3 aromatic rings. The molecular weight excluding hydrogens is 263 g/mol. The van der Waals surface area contributed by atoms with E-state index in [1.54, 1.807) is 0 Å². The number of nitrogen functional groups attached to an aromatic ring is 1. The fourth-order valence-electron chi connectivity index (χ4n) is 2.63. The molecule has 0 amide bonds. The molecule has 0 saturated carbocycles. The molecule has 21 heavy (non-hydrogen) atoms. The van der Waals surface area contributed by atoms with Crippen molar-refractivity contribution in [3.8, 4) is 0 Å². The Morgan fingerprint density at radius 2 is 1.71 bits per heavy atom. The minimum atomic E-state index is -1.50. The van der Waals surface area contributed by atoms with Crippen molar-refractivity contribution in [2.45, 2.75) is 5.94 Å². The number of nitrogens with two attached hydrogens (primary N) is 1. The molecule has 0 fully saturated rings. The highest BCUT2D eigenvalue weighted by Gasteiger charge is 2.35. The predicted molar refractivity (Wildman–Crippen MR) is 83.3 cm³/mol. The fourth-order valence-corrected chi connectivity index (χ4v) is 2.63. The van der Waals surface area contributed by atoms with Gasteiger partial charge in [0.05, 0.1) is 0 Å². The van der Waals surface area contributed by atoms with Crippen molar-refractivity contribution < 1.29 is 14.6 Å². The molecule has 4 N–H and O–H groups in total. The molecule has 1 atom stereocenters. The van der Waals surface area contributed by atoms with Crippen LogP contribution in [0.3, 0.4) is 0 Å². The second kappa shape index (κ2) is 5.56. The lowest BCUT2D eigenvalue weighted by molar-refractivity contribution is -0.672. The van der Waals surface area contributed by atoms with E-state index >= 15 is 0 Å². The number of rotatable bonds is 3. The molecule has 0 aliphatic heterocycles. The van der Waals surface area contributed by atoms with Crippen LogP contribution in [0.5, 0.6) is 0 Å². The number of nitrogens with zero attached hydrogens (tertiary/aromatic N) is 1. The molecule has 0 aliphatic carbocycles. The summed E-state index contributed by atoms with van der Waals surface area (Å²) in [5, 5.41) is 20.6. The number of aromatic nitrogens is 1. The molecule has 0 bridgehead atoms. The molecule has 1 unspecified atom stereocenters. The van der Waals surface area contributed by atoms with Crippen LogP contribution in [0.15, 0.2) is 66.9 Å². The third-order valence-electron chi connectivity index (χ3n) is 3.58. The maximum Gasteiger partial charge on any atom is 0.533 e. The number of pyridine rings is 1. The number of fused-ring (bicyclic) bond motifs is 1. The van der Waals surface area contributed by atoms with Gasteiger partial charge in [0.25, 0.3) is 0 Å². The first-order chi connectivity index (χ1) is 10.2. The van der Waals surface area contributed by atoms with Gasteiger partial charge in [0.1, 0.15) is 0 Å². The van der Waals surface area contributed by atoms with Crippen LogP contribution in [-0.4, -0.2) is 17.2 Å². The molecule has 0 spiro atoms. The topological polar surface area (TPSA) is 70.4 Å². The lowest BCUT2D eigenvalue weighted by atomic mass is 9.74. The van der Waals surface area contributed by atoms with Crippen LogP contribution >= 0.6 is 0 Å². The Morgan fingerprint density at radius 3 is 2.43 bits per heavy atom. The van der Waals surface area contributed by atoms with Gasteiger partial charge in [-0.2, -0.15) is 4.57 Å². The monoisotopic (exact) mass is 279 g/mol. The molecular formula is C16H16BN2O2+. The van der Waals surface area contributed by atoms with E-state index in [1.165, 1.54) is 0 Å². The third kappa shape index (κ3) is 2.61. The van der Waals surface area contributed by atoms with E-state index in [2.05, 4.69) is 0 Å². The zero-order chi connectivity index (χ0) is 14.8. The maximum atomic E-state index is 9.84. The molecule has 1 aromatic heterocycles. The standard InChI is InChI=1S/C16H16BN2O2/c18-14-8-9-15-13(11-14)7-4-10-19(15)16(17(20)21)12-5-2-1-3-6-12/h1-11,16,20-21H,18H2/q+1. The highest BCUT2D eigenvalue weighted by molar-refractivity contribution is 6.42. The average Bonchev–Trinajstić information content (AvgIpc) is 2.48. The van der Waals surface area contributed by atoms with Crippen LogP contribution in [-0.2, 0) is 0 Å². The zero-order valence-electron chi connectivity index (χ0n) is 11.4. The summed E-state index contributed by atoms with van der Waals surface area (Å²) in [7, 11) is -1.50. The molecule has 0 saturated heterocycles. The van der Waals surface area contributed by atoms with Crippen LogP contribution in [0.2, 0.25) is 0 Å². The summed E-state index contributed by atoms with van der Waals surface area (Å²) in [4.78, 5) is 0. The number of benzene rings is 2. The molecule has 104 valence electrons. The molecule has 1 heterocycles. The van der Waals surface area contributed by atoms with E-state index < -0.39 is 13.1 Å². The highest BCUT2D eigenvalue weighted by Crippen LogP contribution is 2.19. The summed E-state index contributed by atoms with van der Waals surface area (Å²) in [6.45, 7) is 0. The first-order valence-corrected chi connectivity index (χ1v) is 6.77. The zero-order valence-corrected chi connectivity index (χ0v) is 11.4. The Kier molecular flexibility index (Phi) is 3.60. The van der Waals surface area contributed by atoms with E-state index in [-0.39, 0.29) is 0 Å². The number of hydrogen-bond donors (Lipinski definition) is 3. The van der Waals surface area contributed by atoms with Crippen molar-refractivity contribution in [2.75, 3.05) is 5.73 Å². The highest BCUT2D eigenvalue weighted by atomic mass is 16.4. The quantitative estimate of drug-likeness (QED) is 0.384. The van der Waals surface area contributed by atoms with Crippen LogP contribution < -0.4 is 10.3 Å². The van der Waals surface area contributed by atoms with E-state index in [9.17, 15) is 10.0 Å². The van der Waals surface area contributed by atoms with E-state index in [1.807, 2.05) is 71.4 Å². The van der Waals surface area contributed by atoms with Crippen molar-refractivity contribution in [1.29, 1.82) is 0 Å². The number of hydrogen-bond acceptors (Lipinski definition) is 3. The van der Waals surface area contributed by atoms with Gasteiger partial charge in [-0.25, -0.2) is 0 Å². The smallest absolute Gasteiger partial charge is 0.422 e. The van der Waals surface area contributed by atoms with Gasteiger partial charge in [-0.05, 0) is 18.2 Å². The van der Waals surface area contributed by atoms with Gasteiger partial charge in [-0.1, -0.05) is 30.3 Å². The number of anilines is 1. The summed E-state index contributed by atoms with van der Waals surface area (Å²) in [6, 6.07) is 18.8. The van der Waals surface area contributed by atoms with E-state index in [0.717, 1.165) is 16.5 Å². The van der Waals surface area contributed by atoms with Gasteiger partial charge >= 0.3 is 7.12 Å². The van der Waals surface area contributed by atoms with E-state index in [0.29, 0.717) is 5.69 Å². The van der Waals surface area contributed by atoms with Crippen molar-refractivity contribution in [3.05, 3.63) is 72.4 Å². The summed E-state index contributed by atoms with van der Waals surface area (Å²) in [5.74, 6) is -0.571. The van der Waals surface area contributed by atoms with Gasteiger partial charge in [-0.15, -0.1) is 0 Å². The second-order valence-electron chi connectivity index (χ2n) is 5.00. The summed E-state index contributed by atoms with van der Waals surface area (Å²) in [5.41, 5.74) is 8.23. The Labute approximate surface area is 123 Å². The Bertz CT molecular complexity index is 763. The van der Waals surface area contributed by atoms with Gasteiger partial charge in [0.15, 0.2) is 6.20 Å². The van der Waals surface area contributed by atoms with Gasteiger partial charge in [0, 0.05) is 28.8 Å². The summed E-state index contributed by atoms with van der Waals surface area (Å²) in [6.07, 6.45) is 1.84. The van der Waals surface area contributed by atoms with Crippen LogP contribution in [0, 0.1) is 0 Å². The maximum absolute atomic E-state index is 9.84. The molecule has 5 heteroatoms. The van der Waals surface area contributed by atoms with Crippen LogP contribution in [0.25, 0.3) is 10.9 Å². The van der Waals surface area contributed by atoms with Crippen molar-refractivity contribution in [3.63, 3.8) is 0 Å². The third-order valence-corrected chi connectivity index (χ3v) is 3.58. The molecule has 3 rings (SSSR count). The molecule has 2 aromatic carbocycles. The fraction of sp³-hybridized carbons (Fsp3) is 0.0625. The first kappa shape index (κ1) is 13.6. The van der Waals surface area contributed by atoms with Gasteiger partial charge in [-0.3, -0.25) is 0 Å². The lowest BCUT2D eigenvalue weighted by Gasteiger charge is -2.13. The largest absolute Gasteiger partial charge is 0.533 e. The summed E-state index contributed by atoms with van der Waals surface area (Å²) < 4.78 is 1.86. The van der Waals surface area contributed by atoms with Gasteiger partial charge < -0.3 is 15.8 Å². The summed E-state index contributed by atoms with van der Waals surface area (Å²) >= 11 is 0. The van der Waals surface area contributed by atoms with Crippen molar-refractivity contribution >= 4 is 23.7 Å². The van der Waals surface area contributed by atoms with Gasteiger partial charge in [0.2, 0.25) is 11.5 Å². The Balaban J connectivity index is 2.21. The Hall–Kier alpha value is -2.37. The minimum absolute atomic E-state index is 0.571. The normalized spacial score (nSPS) is 12.3. The molecule has 0 radical (unpaired) electrons. The van der Waals surface area contributed by atoms with E-state index in [4.69, 9.17) is 5.73 Å². The van der Waals surface area contributed by atoms with Crippen molar-refractivity contribution in [1.82, 2.24) is 0 Å². The predicted octanol–water partition coefficient (Wildman–Crippen LogP) is 1.31. The average molecular weight is 279 g/mol. The van der Waals surface area contributed by atoms with Crippen LogP contribution in [0.4, 0.5) is 5.69 Å². The Morgan fingerprint density at radius 1 is 0.952 bits per heavy atom. The molecule has 0 aliphatic rings. The molecule has 4 nitrogen and oxygen atoms in total. The SMILES string of the molecule is Nc1ccc2c(ccc[n+]2C(B(O)O)c2ccccc2)c1. The van der Waals surface area contributed by atoms with Crippen LogP contribution in [0.1, 0.15) is 11.5 Å². The lowest BCUT2D eigenvalue weighted by Crippen LogP contribution is -2.49. The second-order valence-corrected chi connectivity index (χ2v) is 5.00. The van der Waals surface area contributed by atoms with Crippen molar-refractivity contribution in [2.24, 2.45) is 0 Å².